The fraction of sp³-hybridized carbons (Fsp3) is 0.208. The van der Waals surface area contributed by atoms with Gasteiger partial charge in [-0.2, -0.15) is 0 Å². The lowest BCUT2D eigenvalue weighted by Crippen LogP contribution is -2.09. The third-order valence-corrected chi connectivity index (χ3v) is 9.35. The maximum atomic E-state index is 12.4. The lowest BCUT2D eigenvalue weighted by Gasteiger charge is -2.12. The van der Waals surface area contributed by atoms with Crippen LogP contribution in [0.5, 0.6) is 11.5 Å². The van der Waals surface area contributed by atoms with Crippen LogP contribution in [0.1, 0.15) is 85.1 Å². The average molecular weight is 716 g/mol. The number of hydrogen-bond acceptors (Lipinski definition) is 6. The normalized spacial score (nSPS) is 11.3. The maximum absolute atomic E-state index is 12.4. The number of carbonyl (C=O) groups excluding carboxylic acids is 2. The molecule has 272 valence electrons. The highest BCUT2D eigenvalue weighted by molar-refractivity contribution is 5.90. The molecule has 0 saturated carbocycles. The molecular formula is C48H45NO5. The molecule has 0 aromatic heterocycles. The Bertz CT molecular complexity index is 2270. The zero-order chi connectivity index (χ0) is 38.0. The summed E-state index contributed by atoms with van der Waals surface area (Å²) >= 11 is 0. The van der Waals surface area contributed by atoms with Crippen molar-refractivity contribution in [2.75, 3.05) is 6.61 Å². The topological polar surface area (TPSA) is 74.2 Å². The number of benzene rings is 5. The summed E-state index contributed by atoms with van der Waals surface area (Å²) in [5, 5.41) is 0. The van der Waals surface area contributed by atoms with E-state index in [9.17, 15) is 9.59 Å². The molecule has 0 bridgehead atoms. The first kappa shape index (κ1) is 37.5. The Labute approximate surface area is 318 Å². The first-order valence-electron chi connectivity index (χ1n) is 18.4. The number of unbranched alkanes of at least 4 members (excludes halogenated alkanes) is 2. The smallest absolute Gasteiger partial charge is 0.338 e. The van der Waals surface area contributed by atoms with Crippen molar-refractivity contribution in [1.29, 1.82) is 0 Å². The van der Waals surface area contributed by atoms with E-state index in [1.165, 1.54) is 22.3 Å². The standard InChI is InChI=1S/C48H45NO5/c1-6-7-10-25-52-48(51)37-15-13-35(14-16-37)36-17-21-43(22-18-36)53-31-40-19-23-44(54-47(50)32(2)3)29-42(40)30-49-34(5)26-33(4)38-20-24-46-41(27-38)28-39-11-8-9-12-45(39)46/h8-9,11-24,27,29-30H,2,6-7,10,25,28,31H2,1,3-5H3. The second-order valence-corrected chi connectivity index (χ2v) is 13.6. The SMILES string of the molecule is C=C(C)C(=O)Oc1ccc(COc2ccc(-c3ccc(C(=O)OCCCCC)cc3)cc2)c(C=NC(C)=C=C(C)c2ccc3c(c2)Cc2ccccc2-3)c1. The highest BCUT2D eigenvalue weighted by atomic mass is 16.5. The predicted octanol–water partition coefficient (Wildman–Crippen LogP) is 11.4. The van der Waals surface area contributed by atoms with Gasteiger partial charge < -0.3 is 14.2 Å². The van der Waals surface area contributed by atoms with Crippen LogP contribution in [0.3, 0.4) is 0 Å². The lowest BCUT2D eigenvalue weighted by molar-refractivity contribution is -0.130. The first-order valence-corrected chi connectivity index (χ1v) is 18.4. The molecule has 0 amide bonds. The fourth-order valence-electron chi connectivity index (χ4n) is 6.31. The third-order valence-electron chi connectivity index (χ3n) is 9.35. The van der Waals surface area contributed by atoms with Crippen molar-refractivity contribution in [3.05, 3.63) is 166 Å². The maximum Gasteiger partial charge on any atom is 0.338 e. The molecular weight excluding hydrogens is 671 g/mol. The third kappa shape index (κ3) is 9.40. The zero-order valence-corrected chi connectivity index (χ0v) is 31.4. The van der Waals surface area contributed by atoms with Crippen molar-refractivity contribution in [2.45, 2.75) is 60.0 Å². The van der Waals surface area contributed by atoms with E-state index in [0.717, 1.165) is 59.1 Å². The summed E-state index contributed by atoms with van der Waals surface area (Å²) in [7, 11) is 0. The van der Waals surface area contributed by atoms with Crippen LogP contribution in [-0.2, 0) is 22.6 Å². The van der Waals surface area contributed by atoms with Gasteiger partial charge in [-0.1, -0.05) is 98.8 Å². The summed E-state index contributed by atoms with van der Waals surface area (Å²) in [5.74, 6) is 0.290. The Hall–Kier alpha value is -6.23. The highest BCUT2D eigenvalue weighted by Gasteiger charge is 2.18. The molecule has 0 heterocycles. The van der Waals surface area contributed by atoms with Crippen molar-refractivity contribution in [1.82, 2.24) is 0 Å². The minimum Gasteiger partial charge on any atom is -0.489 e. The molecule has 1 aliphatic rings. The molecule has 0 N–H and O–H groups in total. The Morgan fingerprint density at radius 3 is 2.20 bits per heavy atom. The van der Waals surface area contributed by atoms with E-state index in [1.54, 1.807) is 37.4 Å². The molecule has 0 radical (unpaired) electrons. The molecule has 0 atom stereocenters. The number of fused-ring (bicyclic) bond motifs is 3. The van der Waals surface area contributed by atoms with E-state index >= 15 is 0 Å². The van der Waals surface area contributed by atoms with Crippen LogP contribution in [0.25, 0.3) is 27.8 Å². The van der Waals surface area contributed by atoms with E-state index < -0.39 is 5.97 Å². The van der Waals surface area contributed by atoms with Gasteiger partial charge in [-0.05, 0) is 126 Å². The zero-order valence-electron chi connectivity index (χ0n) is 31.4. The number of aliphatic imine (C=N–C) groups is 1. The van der Waals surface area contributed by atoms with E-state index in [0.29, 0.717) is 34.9 Å². The van der Waals surface area contributed by atoms with Gasteiger partial charge in [0.1, 0.15) is 18.1 Å². The molecule has 0 fully saturated rings. The van der Waals surface area contributed by atoms with Crippen molar-refractivity contribution in [3.8, 4) is 33.8 Å². The van der Waals surface area contributed by atoms with E-state index in [2.05, 4.69) is 61.7 Å². The molecule has 5 aromatic carbocycles. The number of hydrogen-bond donors (Lipinski definition) is 0. The summed E-state index contributed by atoms with van der Waals surface area (Å²) in [6.45, 7) is 12.1. The van der Waals surface area contributed by atoms with Crippen LogP contribution in [-0.4, -0.2) is 24.8 Å². The molecule has 0 saturated heterocycles. The van der Waals surface area contributed by atoms with Crippen LogP contribution >= 0.6 is 0 Å². The monoisotopic (exact) mass is 715 g/mol. The number of carbonyl (C=O) groups is 2. The summed E-state index contributed by atoms with van der Waals surface area (Å²) in [4.78, 5) is 29.4. The molecule has 6 rings (SSSR count). The molecule has 5 aromatic rings. The van der Waals surface area contributed by atoms with Gasteiger partial charge in [0.05, 0.1) is 17.9 Å². The minimum absolute atomic E-state index is 0.264. The van der Waals surface area contributed by atoms with Gasteiger partial charge in [0.2, 0.25) is 0 Å². The van der Waals surface area contributed by atoms with Crippen LogP contribution in [0.4, 0.5) is 0 Å². The second-order valence-electron chi connectivity index (χ2n) is 13.6. The Balaban J connectivity index is 1.15. The summed E-state index contributed by atoms with van der Waals surface area (Å²) in [5.41, 5.74) is 16.0. The van der Waals surface area contributed by atoms with Gasteiger partial charge in [0, 0.05) is 17.4 Å². The van der Waals surface area contributed by atoms with Gasteiger partial charge >= 0.3 is 11.9 Å². The Kier molecular flexibility index (Phi) is 12.2. The number of nitrogens with zero attached hydrogens (tertiary/aromatic N) is 1. The number of allylic oxidation sites excluding steroid dienone is 1. The quantitative estimate of drug-likeness (QED) is 0.0280. The van der Waals surface area contributed by atoms with Crippen molar-refractivity contribution in [2.24, 2.45) is 4.99 Å². The minimum atomic E-state index is -0.494. The van der Waals surface area contributed by atoms with Crippen molar-refractivity contribution < 1.29 is 23.8 Å². The average Bonchev–Trinajstić information content (AvgIpc) is 3.56. The number of esters is 2. The molecule has 0 aliphatic heterocycles. The number of rotatable bonds is 14. The highest BCUT2D eigenvalue weighted by Crippen LogP contribution is 2.37. The predicted molar refractivity (Wildman–Crippen MR) is 217 cm³/mol. The molecule has 6 heteroatoms. The Morgan fingerprint density at radius 2 is 1.46 bits per heavy atom. The first-order chi connectivity index (χ1) is 26.2. The van der Waals surface area contributed by atoms with Crippen LogP contribution in [0.15, 0.2) is 138 Å². The van der Waals surface area contributed by atoms with Crippen LogP contribution in [0.2, 0.25) is 0 Å². The molecule has 0 unspecified atom stereocenters. The van der Waals surface area contributed by atoms with E-state index in [1.807, 2.05) is 56.3 Å². The van der Waals surface area contributed by atoms with Crippen LogP contribution < -0.4 is 9.47 Å². The van der Waals surface area contributed by atoms with Crippen molar-refractivity contribution in [3.63, 3.8) is 0 Å². The fourth-order valence-corrected chi connectivity index (χ4v) is 6.31. The van der Waals surface area contributed by atoms with Gasteiger partial charge in [-0.15, -0.1) is 0 Å². The number of ether oxygens (including phenoxy) is 3. The second kappa shape index (κ2) is 17.5. The van der Waals surface area contributed by atoms with E-state index in [4.69, 9.17) is 19.2 Å². The lowest BCUT2D eigenvalue weighted by atomic mass is 10.0. The summed E-state index contributed by atoms with van der Waals surface area (Å²) < 4.78 is 17.1. The summed E-state index contributed by atoms with van der Waals surface area (Å²) in [6.07, 6.45) is 5.68. The molecule has 1 aliphatic carbocycles. The summed E-state index contributed by atoms with van der Waals surface area (Å²) in [6, 6.07) is 35.8. The van der Waals surface area contributed by atoms with Crippen molar-refractivity contribution >= 4 is 23.7 Å². The van der Waals surface area contributed by atoms with Gasteiger partial charge in [0.15, 0.2) is 0 Å². The van der Waals surface area contributed by atoms with Gasteiger partial charge in [-0.25, -0.2) is 9.59 Å². The Morgan fingerprint density at radius 1 is 0.778 bits per heavy atom. The van der Waals surface area contributed by atoms with Gasteiger partial charge in [0.25, 0.3) is 0 Å². The van der Waals surface area contributed by atoms with Gasteiger partial charge in [-0.3, -0.25) is 4.99 Å². The molecule has 6 nitrogen and oxygen atoms in total. The van der Waals surface area contributed by atoms with Crippen LogP contribution in [0, 0.1) is 0 Å². The van der Waals surface area contributed by atoms with E-state index in [-0.39, 0.29) is 12.6 Å². The molecule has 0 spiro atoms. The largest absolute Gasteiger partial charge is 0.489 e. The molecule has 54 heavy (non-hydrogen) atoms.